The van der Waals surface area contributed by atoms with Crippen molar-refractivity contribution >= 4 is 11.3 Å². The molecule has 5 heteroatoms. The van der Waals surface area contributed by atoms with Crippen molar-refractivity contribution in [3.8, 4) is 0 Å². The van der Waals surface area contributed by atoms with Crippen molar-refractivity contribution in [1.82, 2.24) is 14.6 Å². The SMILES string of the molecule is Cc1cc2c(NCCCCCO)nccn2n1. The van der Waals surface area contributed by atoms with Gasteiger partial charge in [0.15, 0.2) is 5.82 Å². The van der Waals surface area contributed by atoms with Crippen molar-refractivity contribution in [3.05, 3.63) is 24.2 Å². The maximum atomic E-state index is 8.68. The molecule has 0 aliphatic rings. The number of nitrogens with zero attached hydrogens (tertiary/aromatic N) is 3. The summed E-state index contributed by atoms with van der Waals surface area (Å²) in [6.45, 7) is 3.12. The van der Waals surface area contributed by atoms with Gasteiger partial charge in [-0.05, 0) is 32.3 Å². The molecule has 0 aliphatic heterocycles. The minimum Gasteiger partial charge on any atom is -0.396 e. The smallest absolute Gasteiger partial charge is 0.152 e. The number of anilines is 1. The van der Waals surface area contributed by atoms with E-state index < -0.39 is 0 Å². The summed E-state index contributed by atoms with van der Waals surface area (Å²) < 4.78 is 1.83. The molecule has 2 aromatic rings. The molecule has 0 atom stereocenters. The first-order valence-corrected chi connectivity index (χ1v) is 5.97. The van der Waals surface area contributed by atoms with Crippen LogP contribution in [0.4, 0.5) is 5.82 Å². The van der Waals surface area contributed by atoms with Crippen LogP contribution in [-0.4, -0.2) is 32.9 Å². The molecule has 92 valence electrons. The van der Waals surface area contributed by atoms with Crippen LogP contribution in [0.3, 0.4) is 0 Å². The summed E-state index contributed by atoms with van der Waals surface area (Å²) in [4.78, 5) is 4.32. The molecule has 0 fully saturated rings. The zero-order chi connectivity index (χ0) is 12.1. The molecule has 0 saturated heterocycles. The third kappa shape index (κ3) is 2.94. The highest BCUT2D eigenvalue weighted by Gasteiger charge is 2.03. The lowest BCUT2D eigenvalue weighted by Gasteiger charge is -2.06. The minimum absolute atomic E-state index is 0.273. The lowest BCUT2D eigenvalue weighted by molar-refractivity contribution is 0.283. The van der Waals surface area contributed by atoms with Crippen molar-refractivity contribution in [1.29, 1.82) is 0 Å². The summed E-state index contributed by atoms with van der Waals surface area (Å²) >= 11 is 0. The van der Waals surface area contributed by atoms with E-state index in [1.807, 2.05) is 23.7 Å². The fourth-order valence-electron chi connectivity index (χ4n) is 1.80. The minimum atomic E-state index is 0.273. The molecule has 0 spiro atoms. The van der Waals surface area contributed by atoms with Crippen LogP contribution in [0.25, 0.3) is 5.52 Å². The second kappa shape index (κ2) is 5.63. The van der Waals surface area contributed by atoms with Gasteiger partial charge in [-0.2, -0.15) is 5.10 Å². The maximum absolute atomic E-state index is 8.68. The quantitative estimate of drug-likeness (QED) is 0.745. The van der Waals surface area contributed by atoms with Crippen LogP contribution >= 0.6 is 0 Å². The molecule has 2 heterocycles. The van der Waals surface area contributed by atoms with Gasteiger partial charge in [-0.1, -0.05) is 0 Å². The average molecular weight is 234 g/mol. The first-order valence-electron chi connectivity index (χ1n) is 5.97. The van der Waals surface area contributed by atoms with Gasteiger partial charge in [-0.3, -0.25) is 0 Å². The second-order valence-electron chi connectivity index (χ2n) is 4.10. The van der Waals surface area contributed by atoms with Crippen LogP contribution in [-0.2, 0) is 0 Å². The molecule has 5 nitrogen and oxygen atoms in total. The largest absolute Gasteiger partial charge is 0.396 e. The van der Waals surface area contributed by atoms with E-state index in [4.69, 9.17) is 5.11 Å². The van der Waals surface area contributed by atoms with Crippen LogP contribution in [0, 0.1) is 6.92 Å². The Morgan fingerprint density at radius 2 is 2.24 bits per heavy atom. The molecule has 0 saturated carbocycles. The third-order valence-electron chi connectivity index (χ3n) is 2.64. The second-order valence-corrected chi connectivity index (χ2v) is 4.10. The van der Waals surface area contributed by atoms with Crippen LogP contribution in [0.2, 0.25) is 0 Å². The van der Waals surface area contributed by atoms with Gasteiger partial charge >= 0.3 is 0 Å². The molecular weight excluding hydrogens is 216 g/mol. The predicted molar refractivity (Wildman–Crippen MR) is 67.2 cm³/mol. The average Bonchev–Trinajstić information content (AvgIpc) is 2.70. The normalized spacial score (nSPS) is 10.9. The number of aromatic nitrogens is 3. The standard InChI is InChI=1S/C12H18N4O/c1-10-9-11-12(13-5-3-2-4-8-17)14-6-7-16(11)15-10/h6-7,9,17H,2-5,8H2,1H3,(H,13,14). The number of aliphatic hydroxyl groups excluding tert-OH is 1. The topological polar surface area (TPSA) is 62.5 Å². The summed E-state index contributed by atoms with van der Waals surface area (Å²) in [6.07, 6.45) is 6.53. The monoisotopic (exact) mass is 234 g/mol. The molecule has 17 heavy (non-hydrogen) atoms. The van der Waals surface area contributed by atoms with Crippen molar-refractivity contribution < 1.29 is 5.11 Å². The lowest BCUT2D eigenvalue weighted by atomic mass is 10.2. The zero-order valence-corrected chi connectivity index (χ0v) is 10.1. The van der Waals surface area contributed by atoms with Gasteiger partial charge in [0.1, 0.15) is 5.52 Å². The van der Waals surface area contributed by atoms with Gasteiger partial charge < -0.3 is 10.4 Å². The molecule has 2 rings (SSSR count). The Labute approximate surface area is 100 Å². The lowest BCUT2D eigenvalue weighted by Crippen LogP contribution is -2.05. The molecule has 0 aliphatic carbocycles. The molecular formula is C12H18N4O. The van der Waals surface area contributed by atoms with E-state index in [1.165, 1.54) is 0 Å². The Kier molecular flexibility index (Phi) is 3.93. The van der Waals surface area contributed by atoms with Crippen molar-refractivity contribution in [2.45, 2.75) is 26.2 Å². The van der Waals surface area contributed by atoms with Crippen LogP contribution in [0.5, 0.6) is 0 Å². The highest BCUT2D eigenvalue weighted by atomic mass is 16.2. The Balaban J connectivity index is 1.98. The van der Waals surface area contributed by atoms with Gasteiger partial charge in [-0.25, -0.2) is 9.50 Å². The molecule has 0 radical (unpaired) electrons. The molecule has 0 unspecified atom stereocenters. The number of fused-ring (bicyclic) bond motifs is 1. The van der Waals surface area contributed by atoms with E-state index in [1.54, 1.807) is 6.20 Å². The Morgan fingerprint density at radius 3 is 3.06 bits per heavy atom. The Bertz CT molecular complexity index is 480. The fourth-order valence-corrected chi connectivity index (χ4v) is 1.80. The van der Waals surface area contributed by atoms with Crippen molar-refractivity contribution in [3.63, 3.8) is 0 Å². The highest BCUT2D eigenvalue weighted by Crippen LogP contribution is 2.14. The zero-order valence-electron chi connectivity index (χ0n) is 10.1. The van der Waals surface area contributed by atoms with Gasteiger partial charge in [-0.15, -0.1) is 0 Å². The van der Waals surface area contributed by atoms with Gasteiger partial charge in [0.05, 0.1) is 5.69 Å². The summed E-state index contributed by atoms with van der Waals surface area (Å²) in [7, 11) is 0. The number of unbranched alkanes of at least 4 members (excludes halogenated alkanes) is 2. The molecule has 2 aromatic heterocycles. The summed E-state index contributed by atoms with van der Waals surface area (Å²) in [5, 5.41) is 16.3. The number of rotatable bonds is 6. The van der Waals surface area contributed by atoms with Gasteiger partial charge in [0.25, 0.3) is 0 Å². The van der Waals surface area contributed by atoms with Crippen LogP contribution < -0.4 is 5.32 Å². The van der Waals surface area contributed by atoms with Crippen LogP contribution in [0.1, 0.15) is 25.0 Å². The van der Waals surface area contributed by atoms with Crippen molar-refractivity contribution in [2.24, 2.45) is 0 Å². The van der Waals surface area contributed by atoms with E-state index in [-0.39, 0.29) is 6.61 Å². The summed E-state index contributed by atoms with van der Waals surface area (Å²) in [5.74, 6) is 0.872. The Morgan fingerprint density at radius 1 is 1.35 bits per heavy atom. The van der Waals surface area contributed by atoms with Gasteiger partial charge in [0, 0.05) is 25.5 Å². The predicted octanol–water partition coefficient (Wildman–Crippen LogP) is 1.61. The molecule has 0 aromatic carbocycles. The summed E-state index contributed by atoms with van der Waals surface area (Å²) in [6, 6.07) is 2.02. The molecule has 2 N–H and O–H groups in total. The van der Waals surface area contributed by atoms with E-state index in [9.17, 15) is 0 Å². The Hall–Kier alpha value is -1.62. The molecule has 0 amide bonds. The third-order valence-corrected chi connectivity index (χ3v) is 2.64. The summed E-state index contributed by atoms with van der Waals surface area (Å²) in [5.41, 5.74) is 1.99. The number of hydrogen-bond donors (Lipinski definition) is 2. The number of hydrogen-bond acceptors (Lipinski definition) is 4. The highest BCUT2D eigenvalue weighted by molar-refractivity contribution is 5.67. The first-order chi connectivity index (χ1) is 8.31. The first kappa shape index (κ1) is 11.9. The van der Waals surface area contributed by atoms with Crippen molar-refractivity contribution in [2.75, 3.05) is 18.5 Å². The maximum Gasteiger partial charge on any atom is 0.152 e. The molecule has 0 bridgehead atoms. The number of aliphatic hydroxyl groups is 1. The van der Waals surface area contributed by atoms with E-state index >= 15 is 0 Å². The number of nitrogens with one attached hydrogen (secondary N) is 1. The van der Waals surface area contributed by atoms with E-state index in [0.717, 1.165) is 42.8 Å². The van der Waals surface area contributed by atoms with E-state index in [2.05, 4.69) is 15.4 Å². The van der Waals surface area contributed by atoms with Crippen LogP contribution in [0.15, 0.2) is 18.5 Å². The fraction of sp³-hybridized carbons (Fsp3) is 0.500. The number of aryl methyl sites for hydroxylation is 1. The van der Waals surface area contributed by atoms with Gasteiger partial charge in [0.2, 0.25) is 0 Å². The van der Waals surface area contributed by atoms with E-state index in [0.29, 0.717) is 0 Å².